The number of hydrazine groups is 1. The van der Waals surface area contributed by atoms with Gasteiger partial charge in [-0.05, 0) is 25.1 Å². The molecule has 0 aliphatic carbocycles. The predicted octanol–water partition coefficient (Wildman–Crippen LogP) is 3.03. The summed E-state index contributed by atoms with van der Waals surface area (Å²) in [5.74, 6) is 0.00938. The second-order valence-corrected chi connectivity index (χ2v) is 5.21. The molecule has 19 heavy (non-hydrogen) atoms. The molecule has 0 spiro atoms. The highest BCUT2D eigenvalue weighted by Gasteiger charge is 2.01. The van der Waals surface area contributed by atoms with Crippen molar-refractivity contribution in [2.45, 2.75) is 71.6 Å². The van der Waals surface area contributed by atoms with Crippen LogP contribution < -0.4 is 16.2 Å². The van der Waals surface area contributed by atoms with E-state index in [1.165, 1.54) is 25.7 Å². The summed E-state index contributed by atoms with van der Waals surface area (Å²) < 4.78 is 0. The molecule has 0 aliphatic heterocycles. The third-order valence-corrected chi connectivity index (χ3v) is 3.14. The Bertz CT molecular complexity index is 247. The molecule has 0 aromatic heterocycles. The van der Waals surface area contributed by atoms with Crippen molar-refractivity contribution in [1.29, 1.82) is 0 Å². The molecule has 0 rings (SSSR count). The molecule has 112 valence electrons. The average Bonchev–Trinajstić information content (AvgIpc) is 2.40. The highest BCUT2D eigenvalue weighted by molar-refractivity contribution is 7.80. The van der Waals surface area contributed by atoms with Gasteiger partial charge in [0.15, 0.2) is 5.11 Å². The van der Waals surface area contributed by atoms with Gasteiger partial charge in [-0.2, -0.15) is 0 Å². The molecule has 5 heteroatoms. The maximum Gasteiger partial charge on any atom is 0.238 e. The second kappa shape index (κ2) is 13.6. The van der Waals surface area contributed by atoms with E-state index in [-0.39, 0.29) is 5.91 Å². The number of rotatable bonds is 10. The number of carbonyl (C=O) groups excluding carboxylic acids is 1. The minimum Gasteiger partial charge on any atom is -0.361 e. The summed E-state index contributed by atoms with van der Waals surface area (Å²) in [5.41, 5.74) is 5.34. The molecule has 0 fully saturated rings. The predicted molar refractivity (Wildman–Crippen MR) is 84.8 cm³/mol. The zero-order chi connectivity index (χ0) is 14.3. The van der Waals surface area contributed by atoms with Crippen molar-refractivity contribution >= 4 is 23.2 Å². The number of hydrogen-bond donors (Lipinski definition) is 3. The molecule has 0 aromatic rings. The number of hydrogen-bond acceptors (Lipinski definition) is 2. The summed E-state index contributed by atoms with van der Waals surface area (Å²) >= 11 is 5.03. The van der Waals surface area contributed by atoms with E-state index in [1.807, 2.05) is 0 Å². The quantitative estimate of drug-likeness (QED) is 0.328. The van der Waals surface area contributed by atoms with E-state index in [2.05, 4.69) is 30.0 Å². The van der Waals surface area contributed by atoms with E-state index < -0.39 is 0 Å². The van der Waals surface area contributed by atoms with Crippen LogP contribution in [-0.4, -0.2) is 17.6 Å². The van der Waals surface area contributed by atoms with Crippen LogP contribution in [-0.2, 0) is 4.79 Å². The van der Waals surface area contributed by atoms with Crippen LogP contribution in [0.2, 0.25) is 0 Å². The average molecular weight is 287 g/mol. The summed E-state index contributed by atoms with van der Waals surface area (Å²) in [7, 11) is 0. The van der Waals surface area contributed by atoms with Crippen LogP contribution in [0.5, 0.6) is 0 Å². The molecule has 0 unspecified atom stereocenters. The third kappa shape index (κ3) is 13.4. The summed E-state index contributed by atoms with van der Waals surface area (Å²) in [6.45, 7) is 5.17. The maximum absolute atomic E-state index is 11.5. The molecule has 3 N–H and O–H groups in total. The minimum absolute atomic E-state index is 0.00938. The summed E-state index contributed by atoms with van der Waals surface area (Å²) in [6, 6.07) is 0. The van der Waals surface area contributed by atoms with Crippen LogP contribution in [0.15, 0.2) is 0 Å². The van der Waals surface area contributed by atoms with E-state index in [0.717, 1.165) is 32.2 Å². The van der Waals surface area contributed by atoms with Gasteiger partial charge in [-0.3, -0.25) is 15.6 Å². The normalized spacial score (nSPS) is 10.0. The first-order valence-corrected chi connectivity index (χ1v) is 7.94. The van der Waals surface area contributed by atoms with Crippen LogP contribution in [0.3, 0.4) is 0 Å². The fourth-order valence-corrected chi connectivity index (χ4v) is 1.83. The van der Waals surface area contributed by atoms with Gasteiger partial charge in [0.05, 0.1) is 0 Å². The largest absolute Gasteiger partial charge is 0.361 e. The molecule has 0 saturated heterocycles. The van der Waals surface area contributed by atoms with Crippen LogP contribution >= 0.6 is 12.2 Å². The van der Waals surface area contributed by atoms with Crippen LogP contribution in [0, 0.1) is 0 Å². The Kier molecular flexibility index (Phi) is 13.0. The van der Waals surface area contributed by atoms with E-state index in [4.69, 9.17) is 12.2 Å². The molecule has 0 radical (unpaired) electrons. The van der Waals surface area contributed by atoms with E-state index >= 15 is 0 Å². The smallest absolute Gasteiger partial charge is 0.238 e. The van der Waals surface area contributed by atoms with Crippen molar-refractivity contribution in [3.05, 3.63) is 0 Å². The van der Waals surface area contributed by atoms with Crippen LogP contribution in [0.4, 0.5) is 0 Å². The van der Waals surface area contributed by atoms with Crippen LogP contribution in [0.1, 0.15) is 71.6 Å². The van der Waals surface area contributed by atoms with E-state index in [9.17, 15) is 4.79 Å². The van der Waals surface area contributed by atoms with Crippen molar-refractivity contribution in [1.82, 2.24) is 16.2 Å². The SMILES string of the molecule is CCCCCCCCC(=O)NNC(=S)NCCCC. The molecule has 0 aromatic carbocycles. The van der Waals surface area contributed by atoms with Gasteiger partial charge in [0.1, 0.15) is 0 Å². The van der Waals surface area contributed by atoms with Crippen molar-refractivity contribution in [3.63, 3.8) is 0 Å². The molecular formula is C14H29N3OS. The first-order valence-electron chi connectivity index (χ1n) is 7.53. The summed E-state index contributed by atoms with van der Waals surface area (Å²) in [4.78, 5) is 11.5. The Labute approximate surface area is 123 Å². The number of thiocarbonyl (C=S) groups is 1. The Morgan fingerprint density at radius 1 is 0.895 bits per heavy atom. The molecule has 4 nitrogen and oxygen atoms in total. The Hall–Kier alpha value is -0.840. The van der Waals surface area contributed by atoms with E-state index in [1.54, 1.807) is 0 Å². The molecule has 0 saturated carbocycles. The first kappa shape index (κ1) is 18.2. The van der Waals surface area contributed by atoms with Crippen molar-refractivity contribution < 1.29 is 4.79 Å². The monoisotopic (exact) mass is 287 g/mol. The lowest BCUT2D eigenvalue weighted by Gasteiger charge is -2.11. The lowest BCUT2D eigenvalue weighted by atomic mass is 10.1. The van der Waals surface area contributed by atoms with Gasteiger partial charge in [0.25, 0.3) is 0 Å². The summed E-state index contributed by atoms with van der Waals surface area (Å²) in [6.07, 6.45) is 9.91. The van der Waals surface area contributed by atoms with Gasteiger partial charge < -0.3 is 5.32 Å². The van der Waals surface area contributed by atoms with Gasteiger partial charge >= 0.3 is 0 Å². The zero-order valence-electron chi connectivity index (χ0n) is 12.4. The van der Waals surface area contributed by atoms with Crippen molar-refractivity contribution in [2.24, 2.45) is 0 Å². The van der Waals surface area contributed by atoms with Gasteiger partial charge in [0, 0.05) is 13.0 Å². The number of unbranched alkanes of at least 4 members (excludes halogenated alkanes) is 6. The van der Waals surface area contributed by atoms with Gasteiger partial charge in [-0.1, -0.05) is 52.4 Å². The fourth-order valence-electron chi connectivity index (χ4n) is 1.68. The van der Waals surface area contributed by atoms with Crippen LogP contribution in [0.25, 0.3) is 0 Å². The van der Waals surface area contributed by atoms with Crippen molar-refractivity contribution in [3.8, 4) is 0 Å². The Balaban J connectivity index is 3.36. The molecule has 0 aliphatic rings. The molecular weight excluding hydrogens is 258 g/mol. The lowest BCUT2D eigenvalue weighted by Crippen LogP contribution is -2.46. The number of amides is 1. The Morgan fingerprint density at radius 3 is 2.21 bits per heavy atom. The van der Waals surface area contributed by atoms with Crippen molar-refractivity contribution in [2.75, 3.05) is 6.54 Å². The Morgan fingerprint density at radius 2 is 1.53 bits per heavy atom. The number of carbonyl (C=O) groups is 1. The van der Waals surface area contributed by atoms with Gasteiger partial charge in [-0.25, -0.2) is 0 Å². The fraction of sp³-hybridized carbons (Fsp3) is 0.857. The van der Waals surface area contributed by atoms with E-state index in [0.29, 0.717) is 11.5 Å². The second-order valence-electron chi connectivity index (χ2n) is 4.80. The third-order valence-electron chi connectivity index (χ3n) is 2.89. The van der Waals surface area contributed by atoms with Gasteiger partial charge in [-0.15, -0.1) is 0 Å². The standard InChI is InChI=1S/C14H29N3OS/c1-3-5-7-8-9-10-11-13(18)16-17-14(19)15-12-6-4-2/h3-12H2,1-2H3,(H,16,18)(H2,15,17,19). The maximum atomic E-state index is 11.5. The molecule has 0 heterocycles. The topological polar surface area (TPSA) is 53.2 Å². The molecule has 0 atom stereocenters. The lowest BCUT2D eigenvalue weighted by molar-refractivity contribution is -0.121. The zero-order valence-corrected chi connectivity index (χ0v) is 13.2. The number of nitrogens with one attached hydrogen (secondary N) is 3. The molecule has 1 amide bonds. The summed E-state index contributed by atoms with van der Waals surface area (Å²) in [5, 5.41) is 3.53. The first-order chi connectivity index (χ1) is 9.20. The minimum atomic E-state index is 0.00938. The van der Waals surface area contributed by atoms with Gasteiger partial charge in [0.2, 0.25) is 5.91 Å². The highest BCUT2D eigenvalue weighted by Crippen LogP contribution is 2.06. The molecule has 0 bridgehead atoms. The highest BCUT2D eigenvalue weighted by atomic mass is 32.1.